The average Bonchev–Trinajstić information content (AvgIpc) is 3.15. The van der Waals surface area contributed by atoms with Gasteiger partial charge >= 0.3 is 12.0 Å². The third kappa shape index (κ3) is 4.59. The molecule has 1 aliphatic rings. The van der Waals surface area contributed by atoms with Crippen LogP contribution in [-0.4, -0.2) is 32.9 Å². The van der Waals surface area contributed by atoms with Crippen molar-refractivity contribution in [2.45, 2.75) is 38.3 Å². The molecule has 7 heteroatoms. The molecule has 0 saturated heterocycles. The number of carbonyl (C=O) groups is 2. The molecule has 0 radical (unpaired) electrons. The topological polar surface area (TPSA) is 96.3 Å². The first-order valence-electron chi connectivity index (χ1n) is 8.48. The maximum atomic E-state index is 12.0. The van der Waals surface area contributed by atoms with E-state index in [1.807, 2.05) is 36.5 Å². The summed E-state index contributed by atoms with van der Waals surface area (Å²) in [6.07, 6.45) is 6.26. The highest BCUT2D eigenvalue weighted by atomic mass is 16.4. The van der Waals surface area contributed by atoms with Crippen LogP contribution in [0.2, 0.25) is 0 Å². The zero-order chi connectivity index (χ0) is 17.6. The number of carboxylic acid groups (broad SMARTS) is 1. The van der Waals surface area contributed by atoms with Crippen LogP contribution in [0.15, 0.2) is 42.7 Å². The SMILES string of the molecule is O=C(NCc1ccc(-n2cccn2)cc1)NC1CCC(C(=O)O)CC1. The standard InChI is InChI=1S/C18H22N4O3/c23-17(24)14-4-6-15(7-5-14)21-18(25)19-12-13-2-8-16(9-3-13)22-11-1-10-20-22/h1-3,8-11,14-15H,4-7,12H2,(H,23,24)(H2,19,21,25). The van der Waals surface area contributed by atoms with E-state index in [4.69, 9.17) is 5.11 Å². The van der Waals surface area contributed by atoms with Gasteiger partial charge in [0.25, 0.3) is 0 Å². The molecule has 2 amide bonds. The maximum absolute atomic E-state index is 12.0. The fourth-order valence-corrected chi connectivity index (χ4v) is 3.09. The van der Waals surface area contributed by atoms with E-state index in [9.17, 15) is 9.59 Å². The van der Waals surface area contributed by atoms with E-state index >= 15 is 0 Å². The first-order chi connectivity index (χ1) is 12.1. The Labute approximate surface area is 146 Å². The second-order valence-corrected chi connectivity index (χ2v) is 6.33. The summed E-state index contributed by atoms with van der Waals surface area (Å²) in [6.45, 7) is 0.440. The number of benzene rings is 1. The molecular weight excluding hydrogens is 320 g/mol. The minimum atomic E-state index is -0.735. The second-order valence-electron chi connectivity index (χ2n) is 6.33. The number of rotatable bonds is 5. The largest absolute Gasteiger partial charge is 0.481 e. The van der Waals surface area contributed by atoms with E-state index in [1.165, 1.54) is 0 Å². The van der Waals surface area contributed by atoms with Crippen molar-refractivity contribution in [1.82, 2.24) is 20.4 Å². The first-order valence-corrected chi connectivity index (χ1v) is 8.48. The van der Waals surface area contributed by atoms with Gasteiger partial charge in [-0.2, -0.15) is 5.10 Å². The van der Waals surface area contributed by atoms with Crippen LogP contribution in [0.1, 0.15) is 31.2 Å². The van der Waals surface area contributed by atoms with Crippen LogP contribution in [0, 0.1) is 5.92 Å². The van der Waals surface area contributed by atoms with Crippen molar-refractivity contribution in [3.05, 3.63) is 48.3 Å². The van der Waals surface area contributed by atoms with Crippen molar-refractivity contribution in [2.75, 3.05) is 0 Å². The quantitative estimate of drug-likeness (QED) is 0.777. The predicted molar refractivity (Wildman–Crippen MR) is 92.3 cm³/mol. The lowest BCUT2D eigenvalue weighted by Crippen LogP contribution is -2.43. The molecule has 1 saturated carbocycles. The van der Waals surface area contributed by atoms with Crippen molar-refractivity contribution >= 4 is 12.0 Å². The molecule has 0 unspecified atom stereocenters. The molecule has 1 aromatic heterocycles. The van der Waals surface area contributed by atoms with Crippen LogP contribution >= 0.6 is 0 Å². The predicted octanol–water partition coefficient (Wildman–Crippen LogP) is 2.31. The summed E-state index contributed by atoms with van der Waals surface area (Å²) >= 11 is 0. The monoisotopic (exact) mass is 342 g/mol. The molecule has 0 aliphatic heterocycles. The number of nitrogens with zero attached hydrogens (tertiary/aromatic N) is 2. The van der Waals surface area contributed by atoms with Crippen LogP contribution in [0.25, 0.3) is 5.69 Å². The molecule has 1 heterocycles. The fourth-order valence-electron chi connectivity index (χ4n) is 3.09. The molecule has 3 rings (SSSR count). The Balaban J connectivity index is 1.43. The molecule has 0 atom stereocenters. The van der Waals surface area contributed by atoms with Crippen molar-refractivity contribution in [2.24, 2.45) is 5.92 Å². The second kappa shape index (κ2) is 7.83. The summed E-state index contributed by atoms with van der Waals surface area (Å²) in [5.74, 6) is -1.00. The van der Waals surface area contributed by atoms with Crippen molar-refractivity contribution in [3.63, 3.8) is 0 Å². The van der Waals surface area contributed by atoms with Crippen molar-refractivity contribution < 1.29 is 14.7 Å². The highest BCUT2D eigenvalue weighted by Gasteiger charge is 2.26. The average molecular weight is 342 g/mol. The molecule has 25 heavy (non-hydrogen) atoms. The Bertz CT molecular complexity index is 704. The number of nitrogens with one attached hydrogen (secondary N) is 2. The molecule has 1 aromatic carbocycles. The molecule has 3 N–H and O–H groups in total. The van der Waals surface area contributed by atoms with Crippen molar-refractivity contribution in [1.29, 1.82) is 0 Å². The van der Waals surface area contributed by atoms with E-state index in [-0.39, 0.29) is 18.0 Å². The summed E-state index contributed by atoms with van der Waals surface area (Å²) in [7, 11) is 0. The first kappa shape index (κ1) is 17.0. The number of carboxylic acids is 1. The number of urea groups is 1. The molecule has 7 nitrogen and oxygen atoms in total. The third-order valence-corrected chi connectivity index (χ3v) is 4.57. The van der Waals surface area contributed by atoms with Gasteiger partial charge in [0.05, 0.1) is 11.6 Å². The molecule has 132 valence electrons. The van der Waals surface area contributed by atoms with Crippen LogP contribution < -0.4 is 10.6 Å². The van der Waals surface area contributed by atoms with Gasteiger partial charge in [-0.3, -0.25) is 4.79 Å². The van der Waals surface area contributed by atoms with Crippen LogP contribution in [0.5, 0.6) is 0 Å². The highest BCUT2D eigenvalue weighted by Crippen LogP contribution is 2.24. The Kier molecular flexibility index (Phi) is 5.33. The minimum absolute atomic E-state index is 0.0535. The van der Waals surface area contributed by atoms with E-state index in [0.717, 1.165) is 11.3 Å². The van der Waals surface area contributed by atoms with Crippen molar-refractivity contribution in [3.8, 4) is 5.69 Å². The number of carbonyl (C=O) groups excluding carboxylic acids is 1. The van der Waals surface area contributed by atoms with Crippen LogP contribution in [-0.2, 0) is 11.3 Å². The lowest BCUT2D eigenvalue weighted by molar-refractivity contribution is -0.142. The summed E-state index contributed by atoms with van der Waals surface area (Å²) in [5.41, 5.74) is 1.97. The van der Waals surface area contributed by atoms with E-state index in [2.05, 4.69) is 15.7 Å². The van der Waals surface area contributed by atoms with Gasteiger partial charge in [0.2, 0.25) is 0 Å². The maximum Gasteiger partial charge on any atom is 0.315 e. The molecule has 1 fully saturated rings. The summed E-state index contributed by atoms with van der Waals surface area (Å²) in [5, 5.41) is 18.9. The van der Waals surface area contributed by atoms with Gasteiger partial charge in [0.15, 0.2) is 0 Å². The Hall–Kier alpha value is -2.83. The molecule has 1 aliphatic carbocycles. The lowest BCUT2D eigenvalue weighted by Gasteiger charge is -2.26. The fraction of sp³-hybridized carbons (Fsp3) is 0.389. The summed E-state index contributed by atoms with van der Waals surface area (Å²) in [4.78, 5) is 22.9. The molecule has 0 spiro atoms. The van der Waals surface area contributed by atoms with Crippen LogP contribution in [0.4, 0.5) is 4.79 Å². The van der Waals surface area contributed by atoms with E-state index in [0.29, 0.717) is 32.2 Å². The van der Waals surface area contributed by atoms with E-state index < -0.39 is 5.97 Å². The van der Waals surface area contributed by atoms with Gasteiger partial charge < -0.3 is 15.7 Å². The molecular formula is C18H22N4O3. The Morgan fingerprint density at radius 2 is 1.88 bits per heavy atom. The number of hydrogen-bond acceptors (Lipinski definition) is 3. The molecule has 0 bridgehead atoms. The van der Waals surface area contributed by atoms with Gasteiger partial charge in [-0.1, -0.05) is 12.1 Å². The highest BCUT2D eigenvalue weighted by molar-refractivity contribution is 5.74. The van der Waals surface area contributed by atoms with Gasteiger partial charge in [0.1, 0.15) is 0 Å². The van der Waals surface area contributed by atoms with Gasteiger partial charge in [-0.15, -0.1) is 0 Å². The number of hydrogen-bond donors (Lipinski definition) is 3. The lowest BCUT2D eigenvalue weighted by atomic mass is 9.86. The third-order valence-electron chi connectivity index (χ3n) is 4.57. The van der Waals surface area contributed by atoms with E-state index in [1.54, 1.807) is 10.9 Å². The van der Waals surface area contributed by atoms with Gasteiger partial charge in [-0.05, 0) is 49.4 Å². The zero-order valence-electron chi connectivity index (χ0n) is 13.9. The zero-order valence-corrected chi connectivity index (χ0v) is 13.9. The molecule has 2 aromatic rings. The normalized spacial score (nSPS) is 20.0. The number of aromatic nitrogens is 2. The van der Waals surface area contributed by atoms with Gasteiger partial charge in [0, 0.05) is 25.0 Å². The smallest absolute Gasteiger partial charge is 0.315 e. The van der Waals surface area contributed by atoms with Gasteiger partial charge in [-0.25, -0.2) is 9.48 Å². The number of aliphatic carboxylic acids is 1. The summed E-state index contributed by atoms with van der Waals surface area (Å²) < 4.78 is 1.78. The minimum Gasteiger partial charge on any atom is -0.481 e. The summed E-state index contributed by atoms with van der Waals surface area (Å²) in [6, 6.07) is 9.52. The Morgan fingerprint density at radius 1 is 1.16 bits per heavy atom. The number of amides is 2. The Morgan fingerprint density at radius 3 is 2.48 bits per heavy atom. The van der Waals surface area contributed by atoms with Crippen LogP contribution in [0.3, 0.4) is 0 Å².